The Labute approximate surface area is 252 Å². The van der Waals surface area contributed by atoms with Crippen LogP contribution in [0.15, 0.2) is 79.9 Å². The highest BCUT2D eigenvalue weighted by atomic mass is 35.5. The molecule has 2 aromatic rings. The maximum absolute atomic E-state index is 14.6. The molecular weight excluding hydrogens is 554 g/mol. The first kappa shape index (κ1) is 30.0. The van der Waals surface area contributed by atoms with Crippen LogP contribution in [0.3, 0.4) is 0 Å². The Kier molecular flexibility index (Phi) is 8.09. The predicted molar refractivity (Wildman–Crippen MR) is 163 cm³/mol. The van der Waals surface area contributed by atoms with Crippen molar-refractivity contribution < 1.29 is 24.2 Å². The molecule has 9 heteroatoms. The molecule has 1 spiro atoms. The van der Waals surface area contributed by atoms with E-state index in [1.165, 1.54) is 4.90 Å². The van der Waals surface area contributed by atoms with E-state index in [0.29, 0.717) is 22.8 Å². The smallest absolute Gasteiger partial charge is 0.253 e. The molecule has 0 aromatic heterocycles. The number of likely N-dealkylation sites (tertiary alicyclic amines) is 1. The van der Waals surface area contributed by atoms with Gasteiger partial charge in [-0.25, -0.2) is 0 Å². The molecule has 3 aliphatic rings. The van der Waals surface area contributed by atoms with Crippen molar-refractivity contribution in [3.63, 3.8) is 0 Å². The number of hydrogen-bond acceptors (Lipinski definition) is 5. The molecule has 5 rings (SSSR count). The summed E-state index contributed by atoms with van der Waals surface area (Å²) in [5, 5.41) is 10.8. The van der Waals surface area contributed by atoms with Crippen LogP contribution >= 0.6 is 11.6 Å². The first-order valence-corrected chi connectivity index (χ1v) is 14.7. The van der Waals surface area contributed by atoms with Crippen LogP contribution in [-0.4, -0.2) is 70.7 Å². The van der Waals surface area contributed by atoms with Crippen LogP contribution in [0.2, 0.25) is 5.02 Å². The molecule has 222 valence electrons. The van der Waals surface area contributed by atoms with Gasteiger partial charge in [-0.15, -0.1) is 13.2 Å². The average molecular weight is 592 g/mol. The number of fused-ring (bicyclic) bond motifs is 1. The first-order chi connectivity index (χ1) is 20.0. The van der Waals surface area contributed by atoms with E-state index in [1.807, 2.05) is 44.2 Å². The minimum atomic E-state index is -1.26. The van der Waals surface area contributed by atoms with E-state index >= 15 is 0 Å². The molecule has 3 fully saturated rings. The van der Waals surface area contributed by atoms with Crippen LogP contribution in [-0.2, 0) is 19.1 Å². The van der Waals surface area contributed by atoms with Gasteiger partial charge in [-0.05, 0) is 62.6 Å². The molecule has 1 N–H and O–H groups in total. The monoisotopic (exact) mass is 591 g/mol. The van der Waals surface area contributed by atoms with Gasteiger partial charge in [0, 0.05) is 29.5 Å². The zero-order chi connectivity index (χ0) is 30.4. The third-order valence-corrected chi connectivity index (χ3v) is 9.61. The molecule has 3 unspecified atom stereocenters. The molecule has 3 saturated heterocycles. The van der Waals surface area contributed by atoms with Crippen molar-refractivity contribution in [3.8, 4) is 0 Å². The van der Waals surface area contributed by atoms with E-state index in [0.717, 1.165) is 0 Å². The van der Waals surface area contributed by atoms with Gasteiger partial charge >= 0.3 is 0 Å². The number of aliphatic hydroxyl groups is 1. The SMILES string of the molecule is C=CCN(C(=O)C1N([C@H](C)CO)C(=O)[C@@H]2[C@H](C(=O)N(CC=C)c3ccccc3)[C@@]3(C)OC12CC3C)c1ccc(Cl)cc1. The number of halogens is 1. The Morgan fingerprint density at radius 1 is 1.07 bits per heavy atom. The number of ether oxygens (including phenoxy) is 1. The summed E-state index contributed by atoms with van der Waals surface area (Å²) in [7, 11) is 0. The van der Waals surface area contributed by atoms with Crippen LogP contribution < -0.4 is 9.80 Å². The highest BCUT2D eigenvalue weighted by molar-refractivity contribution is 6.30. The number of para-hydroxylation sites is 1. The van der Waals surface area contributed by atoms with Gasteiger partial charge in [0.15, 0.2) is 0 Å². The Morgan fingerprint density at radius 3 is 2.21 bits per heavy atom. The Hall–Kier alpha value is -3.46. The van der Waals surface area contributed by atoms with E-state index in [-0.39, 0.29) is 43.3 Å². The molecular formula is C33H38ClN3O5. The van der Waals surface area contributed by atoms with Gasteiger partial charge in [-0.2, -0.15) is 0 Å². The molecule has 3 heterocycles. The fourth-order valence-corrected chi connectivity index (χ4v) is 7.47. The predicted octanol–water partition coefficient (Wildman–Crippen LogP) is 4.47. The molecule has 8 nitrogen and oxygen atoms in total. The number of nitrogens with zero attached hydrogens (tertiary/aromatic N) is 3. The number of benzene rings is 2. The van der Waals surface area contributed by atoms with Crippen LogP contribution in [0.25, 0.3) is 0 Å². The summed E-state index contributed by atoms with van der Waals surface area (Å²) >= 11 is 6.13. The van der Waals surface area contributed by atoms with E-state index < -0.39 is 35.1 Å². The van der Waals surface area contributed by atoms with Crippen LogP contribution in [0.4, 0.5) is 11.4 Å². The number of hydrogen-bond donors (Lipinski definition) is 1. The number of amides is 3. The minimum Gasteiger partial charge on any atom is -0.394 e. The molecule has 0 radical (unpaired) electrons. The second kappa shape index (κ2) is 11.3. The summed E-state index contributed by atoms with van der Waals surface area (Å²) in [5.74, 6) is -2.83. The number of aliphatic hydroxyl groups excluding tert-OH is 1. The molecule has 0 saturated carbocycles. The van der Waals surface area contributed by atoms with E-state index in [9.17, 15) is 19.5 Å². The van der Waals surface area contributed by atoms with Crippen LogP contribution in [0.1, 0.15) is 27.2 Å². The fraction of sp³-hybridized carbons (Fsp3) is 0.424. The number of carbonyl (C=O) groups excluding carboxylic acids is 3. The minimum absolute atomic E-state index is 0.125. The second-order valence-corrected chi connectivity index (χ2v) is 12.2. The quantitative estimate of drug-likeness (QED) is 0.412. The topological polar surface area (TPSA) is 90.4 Å². The van der Waals surface area contributed by atoms with Gasteiger partial charge in [0.1, 0.15) is 11.6 Å². The third kappa shape index (κ3) is 4.48. The number of anilines is 2. The summed E-state index contributed by atoms with van der Waals surface area (Å²) in [6.07, 6.45) is 3.70. The van der Waals surface area contributed by atoms with Crippen molar-refractivity contribution in [2.45, 2.75) is 50.5 Å². The van der Waals surface area contributed by atoms with Gasteiger partial charge in [0.05, 0.1) is 30.1 Å². The maximum Gasteiger partial charge on any atom is 0.253 e. The van der Waals surface area contributed by atoms with E-state index in [4.69, 9.17) is 16.3 Å². The lowest BCUT2D eigenvalue weighted by atomic mass is 9.62. The second-order valence-electron chi connectivity index (χ2n) is 11.8. The van der Waals surface area contributed by atoms with Crippen molar-refractivity contribution in [1.82, 2.24) is 4.90 Å². The fourth-order valence-electron chi connectivity index (χ4n) is 7.34. The molecule has 0 aliphatic carbocycles. The number of rotatable bonds is 10. The molecule has 42 heavy (non-hydrogen) atoms. The lowest BCUT2D eigenvalue weighted by Crippen LogP contribution is -2.58. The third-order valence-electron chi connectivity index (χ3n) is 9.35. The summed E-state index contributed by atoms with van der Waals surface area (Å²) in [6, 6.07) is 14.4. The molecule has 2 bridgehead atoms. The van der Waals surface area contributed by atoms with Crippen molar-refractivity contribution in [1.29, 1.82) is 0 Å². The molecule has 3 aliphatic heterocycles. The Balaban J connectivity index is 1.63. The van der Waals surface area contributed by atoms with Crippen molar-refractivity contribution in [2.75, 3.05) is 29.5 Å². The Bertz CT molecular complexity index is 1380. The van der Waals surface area contributed by atoms with E-state index in [2.05, 4.69) is 13.2 Å². The van der Waals surface area contributed by atoms with Gasteiger partial charge in [0.25, 0.3) is 5.91 Å². The zero-order valence-corrected chi connectivity index (χ0v) is 25.0. The Morgan fingerprint density at radius 2 is 1.64 bits per heavy atom. The summed E-state index contributed by atoms with van der Waals surface area (Å²) in [6.45, 7) is 13.4. The molecule has 7 atom stereocenters. The molecule has 2 aromatic carbocycles. The molecule has 3 amide bonds. The zero-order valence-electron chi connectivity index (χ0n) is 24.3. The summed E-state index contributed by atoms with van der Waals surface area (Å²) in [4.78, 5) is 48.3. The van der Waals surface area contributed by atoms with Crippen molar-refractivity contribution >= 4 is 40.7 Å². The van der Waals surface area contributed by atoms with Gasteiger partial charge < -0.3 is 24.5 Å². The first-order valence-electron chi connectivity index (χ1n) is 14.3. The van der Waals surface area contributed by atoms with Crippen LogP contribution in [0.5, 0.6) is 0 Å². The highest BCUT2D eigenvalue weighted by Gasteiger charge is 2.80. The average Bonchev–Trinajstić information content (AvgIpc) is 3.51. The van der Waals surface area contributed by atoms with Gasteiger partial charge in [-0.3, -0.25) is 14.4 Å². The van der Waals surface area contributed by atoms with Crippen molar-refractivity contribution in [3.05, 3.63) is 84.9 Å². The van der Waals surface area contributed by atoms with Crippen LogP contribution in [0, 0.1) is 17.8 Å². The standard InChI is InChI=1S/C33H38ClN3O5/c1-6-17-35(24-11-9-8-10-12-24)29(39)26-27-30(40)37(22(4)20-38)28(33(27)19-21(3)32(26,5)42-33)31(41)36(18-7-2)25-15-13-23(34)14-16-25/h6-16,21-22,26-28,38H,1-2,17-20H2,3-5H3/t21?,22-,26-,27+,28?,32+,33?/m1/s1. The lowest BCUT2D eigenvalue weighted by molar-refractivity contribution is -0.148. The highest BCUT2D eigenvalue weighted by Crippen LogP contribution is 2.66. The van der Waals surface area contributed by atoms with E-state index in [1.54, 1.807) is 53.1 Å². The number of carbonyl (C=O) groups is 3. The normalized spacial score (nSPS) is 30.1. The van der Waals surface area contributed by atoms with Gasteiger partial charge in [0.2, 0.25) is 11.8 Å². The maximum atomic E-state index is 14.6. The summed E-state index contributed by atoms with van der Waals surface area (Å²) in [5.41, 5.74) is -0.959. The largest absolute Gasteiger partial charge is 0.394 e. The lowest BCUT2D eigenvalue weighted by Gasteiger charge is -2.39. The van der Waals surface area contributed by atoms with Crippen molar-refractivity contribution in [2.24, 2.45) is 17.8 Å². The summed E-state index contributed by atoms with van der Waals surface area (Å²) < 4.78 is 6.88. The van der Waals surface area contributed by atoms with Gasteiger partial charge in [-0.1, -0.05) is 48.9 Å².